The zero-order valence-electron chi connectivity index (χ0n) is 12.3. The molecule has 1 heterocycles. The zero-order valence-corrected chi connectivity index (χ0v) is 12.3. The van der Waals surface area contributed by atoms with Crippen molar-refractivity contribution >= 4 is 5.91 Å². The molecule has 112 valence electrons. The van der Waals surface area contributed by atoms with Crippen molar-refractivity contribution in [1.29, 1.82) is 0 Å². The van der Waals surface area contributed by atoms with Gasteiger partial charge in [-0.15, -0.1) is 0 Å². The molecule has 3 nitrogen and oxygen atoms in total. The SMILES string of the molecule is O=C(C1CC2CC2C1)N1CCCCC1C1CCCC1O. The summed E-state index contributed by atoms with van der Waals surface area (Å²) in [5.74, 6) is 2.86. The van der Waals surface area contributed by atoms with Crippen LogP contribution >= 0.6 is 0 Å². The van der Waals surface area contributed by atoms with E-state index < -0.39 is 0 Å². The molecule has 0 aromatic carbocycles. The number of fused-ring (bicyclic) bond motifs is 1. The first-order valence-corrected chi connectivity index (χ1v) is 8.72. The highest BCUT2D eigenvalue weighted by Gasteiger charge is 2.50. The predicted molar refractivity (Wildman–Crippen MR) is 77.0 cm³/mol. The average molecular weight is 277 g/mol. The van der Waals surface area contributed by atoms with Gasteiger partial charge >= 0.3 is 0 Å². The number of hydrogen-bond acceptors (Lipinski definition) is 2. The van der Waals surface area contributed by atoms with E-state index in [1.54, 1.807) is 0 Å². The third-order valence-corrected chi connectivity index (χ3v) is 6.45. The van der Waals surface area contributed by atoms with Gasteiger partial charge < -0.3 is 10.0 Å². The van der Waals surface area contributed by atoms with E-state index in [0.29, 0.717) is 23.8 Å². The second-order valence-electron chi connectivity index (χ2n) is 7.68. The molecule has 5 atom stereocenters. The molecule has 0 bridgehead atoms. The Morgan fingerprint density at radius 1 is 0.950 bits per heavy atom. The van der Waals surface area contributed by atoms with E-state index in [4.69, 9.17) is 0 Å². The highest BCUT2D eigenvalue weighted by molar-refractivity contribution is 5.80. The quantitative estimate of drug-likeness (QED) is 0.843. The number of carbonyl (C=O) groups is 1. The molecule has 3 aliphatic carbocycles. The van der Waals surface area contributed by atoms with Gasteiger partial charge in [0.05, 0.1) is 6.10 Å². The summed E-state index contributed by atoms with van der Waals surface area (Å²) in [5, 5.41) is 10.2. The van der Waals surface area contributed by atoms with Crippen molar-refractivity contribution < 1.29 is 9.90 Å². The normalized spacial score (nSPS) is 47.4. The number of amides is 1. The van der Waals surface area contributed by atoms with Crippen molar-refractivity contribution in [1.82, 2.24) is 4.90 Å². The highest BCUT2D eigenvalue weighted by atomic mass is 16.3. The van der Waals surface area contributed by atoms with Gasteiger partial charge in [-0.25, -0.2) is 0 Å². The number of hydrogen-bond donors (Lipinski definition) is 1. The molecule has 4 aliphatic rings. The summed E-state index contributed by atoms with van der Waals surface area (Å²) in [6, 6.07) is 0.339. The second-order valence-corrected chi connectivity index (χ2v) is 7.68. The van der Waals surface area contributed by atoms with Gasteiger partial charge in [-0.05, 0) is 63.2 Å². The Morgan fingerprint density at radius 3 is 2.45 bits per heavy atom. The molecule has 3 saturated carbocycles. The van der Waals surface area contributed by atoms with Gasteiger partial charge in [0.2, 0.25) is 5.91 Å². The fourth-order valence-corrected chi connectivity index (χ4v) is 5.25. The van der Waals surface area contributed by atoms with Gasteiger partial charge in [0.25, 0.3) is 0 Å². The molecule has 4 rings (SSSR count). The van der Waals surface area contributed by atoms with Crippen LogP contribution in [0.5, 0.6) is 0 Å². The summed E-state index contributed by atoms with van der Waals surface area (Å²) in [7, 11) is 0. The molecule has 5 unspecified atom stereocenters. The van der Waals surface area contributed by atoms with Crippen LogP contribution in [0, 0.1) is 23.7 Å². The van der Waals surface area contributed by atoms with E-state index in [1.807, 2.05) is 0 Å². The van der Waals surface area contributed by atoms with Crippen molar-refractivity contribution in [2.24, 2.45) is 23.7 Å². The molecular formula is C17H27NO2. The number of nitrogens with zero attached hydrogens (tertiary/aromatic N) is 1. The monoisotopic (exact) mass is 277 g/mol. The van der Waals surface area contributed by atoms with Crippen LogP contribution in [0.3, 0.4) is 0 Å². The Kier molecular flexibility index (Phi) is 3.29. The van der Waals surface area contributed by atoms with Crippen LogP contribution in [0.1, 0.15) is 57.8 Å². The van der Waals surface area contributed by atoms with E-state index in [9.17, 15) is 9.90 Å². The van der Waals surface area contributed by atoms with Crippen LogP contribution < -0.4 is 0 Å². The van der Waals surface area contributed by atoms with Crippen molar-refractivity contribution in [3.63, 3.8) is 0 Å². The van der Waals surface area contributed by atoms with E-state index >= 15 is 0 Å². The van der Waals surface area contributed by atoms with Crippen LogP contribution in [0.2, 0.25) is 0 Å². The lowest BCUT2D eigenvalue weighted by atomic mass is 9.86. The standard InChI is InChI=1S/C17H27NO2/c19-16-6-3-4-14(16)15-5-1-2-7-18(15)17(20)13-9-11-8-12(11)10-13/h11-16,19H,1-10H2. The van der Waals surface area contributed by atoms with Crippen molar-refractivity contribution in [3.8, 4) is 0 Å². The van der Waals surface area contributed by atoms with Crippen molar-refractivity contribution in [2.75, 3.05) is 6.54 Å². The maximum absolute atomic E-state index is 12.9. The van der Waals surface area contributed by atoms with E-state index in [0.717, 1.165) is 63.3 Å². The minimum Gasteiger partial charge on any atom is -0.393 e. The molecule has 4 fully saturated rings. The fraction of sp³-hybridized carbons (Fsp3) is 0.941. The molecule has 1 saturated heterocycles. The van der Waals surface area contributed by atoms with Crippen molar-refractivity contribution in [2.45, 2.75) is 69.9 Å². The lowest BCUT2D eigenvalue weighted by molar-refractivity contribution is -0.141. The van der Waals surface area contributed by atoms with Gasteiger partial charge in [-0.1, -0.05) is 6.42 Å². The van der Waals surface area contributed by atoms with Gasteiger partial charge in [0.1, 0.15) is 0 Å². The van der Waals surface area contributed by atoms with Crippen molar-refractivity contribution in [3.05, 3.63) is 0 Å². The fourth-order valence-electron chi connectivity index (χ4n) is 5.25. The predicted octanol–water partition coefficient (Wildman–Crippen LogP) is 2.57. The Labute approximate surface area is 121 Å². The Bertz CT molecular complexity index is 386. The topological polar surface area (TPSA) is 40.5 Å². The minimum absolute atomic E-state index is 0.162. The van der Waals surface area contributed by atoms with Gasteiger partial charge in [0, 0.05) is 24.4 Å². The van der Waals surface area contributed by atoms with Gasteiger partial charge in [-0.3, -0.25) is 4.79 Å². The number of likely N-dealkylation sites (tertiary alicyclic amines) is 1. The molecule has 20 heavy (non-hydrogen) atoms. The highest BCUT2D eigenvalue weighted by Crippen LogP contribution is 2.55. The summed E-state index contributed by atoms with van der Waals surface area (Å²) in [6.45, 7) is 0.943. The molecule has 0 aromatic rings. The third-order valence-electron chi connectivity index (χ3n) is 6.45. The first kappa shape index (κ1) is 13.1. The van der Waals surface area contributed by atoms with Crippen LogP contribution in [0.25, 0.3) is 0 Å². The molecule has 0 radical (unpaired) electrons. The number of carbonyl (C=O) groups excluding carboxylic acids is 1. The first-order chi connectivity index (χ1) is 9.74. The molecule has 1 N–H and O–H groups in total. The largest absolute Gasteiger partial charge is 0.393 e. The third kappa shape index (κ3) is 2.18. The first-order valence-electron chi connectivity index (χ1n) is 8.72. The summed E-state index contributed by atoms with van der Waals surface area (Å²) >= 11 is 0. The number of aliphatic hydroxyl groups is 1. The molecule has 3 heteroatoms. The smallest absolute Gasteiger partial charge is 0.225 e. The molecule has 1 aliphatic heterocycles. The summed E-state index contributed by atoms with van der Waals surface area (Å²) in [5.41, 5.74) is 0. The van der Waals surface area contributed by atoms with E-state index in [2.05, 4.69) is 4.90 Å². The number of piperidine rings is 1. The van der Waals surface area contributed by atoms with Gasteiger partial charge in [-0.2, -0.15) is 0 Å². The Morgan fingerprint density at radius 2 is 1.75 bits per heavy atom. The summed E-state index contributed by atoms with van der Waals surface area (Å²) in [6.07, 6.45) is 10.2. The van der Waals surface area contributed by atoms with Gasteiger partial charge in [0.15, 0.2) is 0 Å². The van der Waals surface area contributed by atoms with Crippen LogP contribution in [0.15, 0.2) is 0 Å². The Hall–Kier alpha value is -0.570. The molecular weight excluding hydrogens is 250 g/mol. The van der Waals surface area contributed by atoms with Crippen LogP contribution in [0.4, 0.5) is 0 Å². The number of rotatable bonds is 2. The lowest BCUT2D eigenvalue weighted by Crippen LogP contribution is -2.51. The van der Waals surface area contributed by atoms with E-state index in [1.165, 1.54) is 12.8 Å². The minimum atomic E-state index is -0.162. The second kappa shape index (κ2) is 5.01. The zero-order chi connectivity index (χ0) is 13.7. The maximum Gasteiger partial charge on any atom is 0.225 e. The molecule has 0 aromatic heterocycles. The molecule has 1 amide bonds. The van der Waals surface area contributed by atoms with E-state index in [-0.39, 0.29) is 6.10 Å². The van der Waals surface area contributed by atoms with Crippen LogP contribution in [-0.4, -0.2) is 34.6 Å². The maximum atomic E-state index is 12.9. The summed E-state index contributed by atoms with van der Waals surface area (Å²) in [4.78, 5) is 15.1. The molecule has 0 spiro atoms. The lowest BCUT2D eigenvalue weighted by Gasteiger charge is -2.41. The number of aliphatic hydroxyl groups excluding tert-OH is 1. The van der Waals surface area contributed by atoms with Crippen LogP contribution in [-0.2, 0) is 4.79 Å². The average Bonchev–Trinajstić information content (AvgIpc) is 2.87. The Balaban J connectivity index is 1.47. The summed E-state index contributed by atoms with van der Waals surface area (Å²) < 4.78 is 0.